The van der Waals surface area contributed by atoms with Crippen molar-refractivity contribution in [3.05, 3.63) is 136 Å². The van der Waals surface area contributed by atoms with Gasteiger partial charge in [0.05, 0.1) is 5.41 Å². The summed E-state index contributed by atoms with van der Waals surface area (Å²) in [5.74, 6) is 0. The van der Waals surface area contributed by atoms with Crippen molar-refractivity contribution >= 4 is 28.8 Å². The van der Waals surface area contributed by atoms with E-state index in [-0.39, 0.29) is 10.8 Å². The molecular weight excluding hydrogens is 541 g/mol. The lowest BCUT2D eigenvalue weighted by atomic mass is 9.81. The van der Waals surface area contributed by atoms with Crippen LogP contribution in [-0.2, 0) is 10.8 Å². The highest BCUT2D eigenvalue weighted by Gasteiger charge is 2.43. The summed E-state index contributed by atoms with van der Waals surface area (Å²) in [6.45, 7) is 12.8. The molecule has 220 valence electrons. The standard InChI is InChI=1S/C40H45N2S/c1-7-28-42-35-23-14-12-21-33(35)40(4,5)37(42)27-25-30-17-15-16-29(38(30)43-31-18-9-8-10-19-31)24-26-36-39(2,3)32-20-11-13-22-34(32)41(36)6/h8-14,18-27H,7,15-17,28H2,1-6H3/q+1. The number of allylic oxidation sites excluding steroid dienone is 7. The third-order valence-corrected chi connectivity index (χ3v) is 10.7. The van der Waals surface area contributed by atoms with E-state index in [1.807, 2.05) is 11.8 Å². The molecule has 3 aromatic rings. The average Bonchev–Trinajstić information content (AvgIpc) is 3.34. The van der Waals surface area contributed by atoms with E-state index < -0.39 is 0 Å². The second-order valence-electron chi connectivity index (χ2n) is 13.1. The molecule has 0 amide bonds. The van der Waals surface area contributed by atoms with E-state index in [0.29, 0.717) is 0 Å². The zero-order valence-corrected chi connectivity index (χ0v) is 27.5. The zero-order valence-electron chi connectivity index (χ0n) is 26.7. The van der Waals surface area contributed by atoms with Crippen LogP contribution >= 0.6 is 11.8 Å². The second kappa shape index (κ2) is 11.8. The average molecular weight is 586 g/mol. The van der Waals surface area contributed by atoms with Crippen LogP contribution in [0.5, 0.6) is 0 Å². The number of hydrogen-bond donors (Lipinski definition) is 0. The summed E-state index contributed by atoms with van der Waals surface area (Å²) in [5.41, 5.74) is 11.1. The molecule has 2 aliphatic heterocycles. The lowest BCUT2D eigenvalue weighted by molar-refractivity contribution is -0.401. The van der Waals surface area contributed by atoms with Gasteiger partial charge in [-0.05, 0) is 80.5 Å². The van der Waals surface area contributed by atoms with E-state index in [1.165, 1.54) is 61.3 Å². The van der Waals surface area contributed by atoms with E-state index in [1.54, 1.807) is 0 Å². The van der Waals surface area contributed by atoms with Crippen molar-refractivity contribution in [3.63, 3.8) is 0 Å². The van der Waals surface area contributed by atoms with Crippen LogP contribution < -0.4 is 4.90 Å². The molecule has 3 heteroatoms. The molecule has 0 bridgehead atoms. The van der Waals surface area contributed by atoms with Gasteiger partial charge in [-0.15, -0.1) is 0 Å². The Morgan fingerprint density at radius 3 is 2.23 bits per heavy atom. The molecule has 2 nitrogen and oxygen atoms in total. The Hall–Kier alpha value is -3.56. The van der Waals surface area contributed by atoms with E-state index in [0.717, 1.165) is 25.8 Å². The summed E-state index contributed by atoms with van der Waals surface area (Å²) < 4.78 is 2.38. The van der Waals surface area contributed by atoms with E-state index >= 15 is 0 Å². The molecule has 0 saturated heterocycles. The number of hydrogen-bond acceptors (Lipinski definition) is 2. The number of rotatable bonds is 7. The SMILES string of the molecule is CCCN1C(=CC=C2CCCC(C=CC3=[N+](C)c4ccccc4C3(C)C)=C2Sc2ccccc2)C(C)(C)c2ccccc21. The van der Waals surface area contributed by atoms with Crippen LogP contribution in [0, 0.1) is 0 Å². The van der Waals surface area contributed by atoms with Crippen LogP contribution in [0.1, 0.15) is 71.4 Å². The van der Waals surface area contributed by atoms with Gasteiger partial charge in [0.15, 0.2) is 5.71 Å². The summed E-state index contributed by atoms with van der Waals surface area (Å²) in [6, 6.07) is 28.7. The molecule has 6 rings (SSSR count). The molecule has 0 unspecified atom stereocenters. The third kappa shape index (κ3) is 5.38. The molecule has 3 aromatic carbocycles. The maximum absolute atomic E-state index is 2.55. The molecule has 3 aliphatic rings. The fourth-order valence-corrected chi connectivity index (χ4v) is 8.36. The molecule has 0 N–H and O–H groups in total. The first-order valence-corrected chi connectivity index (χ1v) is 16.7. The van der Waals surface area contributed by atoms with Gasteiger partial charge in [0, 0.05) is 50.9 Å². The third-order valence-electron chi connectivity index (χ3n) is 9.51. The van der Waals surface area contributed by atoms with Gasteiger partial charge >= 0.3 is 0 Å². The summed E-state index contributed by atoms with van der Waals surface area (Å²) in [4.78, 5) is 5.26. The Morgan fingerprint density at radius 2 is 1.49 bits per heavy atom. The quantitative estimate of drug-likeness (QED) is 0.254. The number of nitrogens with zero attached hydrogens (tertiary/aromatic N) is 2. The predicted octanol–water partition coefficient (Wildman–Crippen LogP) is 10.5. The monoisotopic (exact) mass is 585 g/mol. The van der Waals surface area contributed by atoms with Gasteiger partial charge in [-0.2, -0.15) is 4.58 Å². The van der Waals surface area contributed by atoms with Crippen molar-refractivity contribution in [2.24, 2.45) is 0 Å². The molecule has 43 heavy (non-hydrogen) atoms. The minimum Gasteiger partial charge on any atom is -0.344 e. The van der Waals surface area contributed by atoms with E-state index in [2.05, 4.69) is 154 Å². The number of anilines is 1. The topological polar surface area (TPSA) is 6.25 Å². The number of thioether (sulfide) groups is 1. The van der Waals surface area contributed by atoms with Crippen LogP contribution in [0.4, 0.5) is 11.4 Å². The molecule has 0 radical (unpaired) electrons. The highest BCUT2D eigenvalue weighted by molar-refractivity contribution is 8.03. The molecular formula is C40H45N2S+. The summed E-state index contributed by atoms with van der Waals surface area (Å²) in [5, 5.41) is 0. The van der Waals surface area contributed by atoms with Crippen LogP contribution in [-0.4, -0.2) is 23.9 Å². The van der Waals surface area contributed by atoms with Crippen molar-refractivity contribution in [3.8, 4) is 0 Å². The second-order valence-corrected chi connectivity index (χ2v) is 14.2. The molecule has 0 aromatic heterocycles. The van der Waals surface area contributed by atoms with Crippen molar-refractivity contribution in [2.75, 3.05) is 18.5 Å². The first kappa shape index (κ1) is 29.5. The lowest BCUT2D eigenvalue weighted by Gasteiger charge is -2.27. The van der Waals surface area contributed by atoms with Crippen molar-refractivity contribution in [1.29, 1.82) is 0 Å². The number of benzene rings is 3. The zero-order chi connectivity index (χ0) is 30.2. The van der Waals surface area contributed by atoms with Crippen LogP contribution in [0.2, 0.25) is 0 Å². The smallest absolute Gasteiger partial charge is 0.209 e. The Labute approximate surface area is 263 Å². The van der Waals surface area contributed by atoms with Gasteiger partial charge in [0.25, 0.3) is 0 Å². The Morgan fingerprint density at radius 1 is 0.791 bits per heavy atom. The van der Waals surface area contributed by atoms with Gasteiger partial charge < -0.3 is 4.90 Å². The van der Waals surface area contributed by atoms with Crippen LogP contribution in [0.25, 0.3) is 0 Å². The minimum atomic E-state index is -0.0291. The fraction of sp³-hybridized carbons (Fsp3) is 0.325. The molecule has 0 saturated carbocycles. The maximum atomic E-state index is 2.55. The van der Waals surface area contributed by atoms with Gasteiger partial charge in [-0.3, -0.25) is 0 Å². The molecule has 1 aliphatic carbocycles. The fourth-order valence-electron chi connectivity index (χ4n) is 7.22. The van der Waals surface area contributed by atoms with Gasteiger partial charge in [0.1, 0.15) is 7.05 Å². The predicted molar refractivity (Wildman–Crippen MR) is 186 cm³/mol. The van der Waals surface area contributed by atoms with Crippen molar-refractivity contribution < 1.29 is 4.58 Å². The van der Waals surface area contributed by atoms with E-state index in [9.17, 15) is 0 Å². The van der Waals surface area contributed by atoms with Gasteiger partial charge in [0.2, 0.25) is 5.69 Å². The Balaban J connectivity index is 1.42. The van der Waals surface area contributed by atoms with Crippen LogP contribution in [0.15, 0.2) is 130 Å². The molecule has 0 atom stereocenters. The molecule has 2 heterocycles. The molecule has 0 spiro atoms. The molecule has 0 fully saturated rings. The highest BCUT2D eigenvalue weighted by Crippen LogP contribution is 2.48. The summed E-state index contributed by atoms with van der Waals surface area (Å²) in [6.07, 6.45) is 14.2. The van der Waals surface area contributed by atoms with Gasteiger partial charge in [-0.1, -0.05) is 99.3 Å². The van der Waals surface area contributed by atoms with Crippen LogP contribution in [0.3, 0.4) is 0 Å². The highest BCUT2D eigenvalue weighted by atomic mass is 32.2. The summed E-state index contributed by atoms with van der Waals surface area (Å²) >= 11 is 1.93. The first-order valence-electron chi connectivity index (χ1n) is 15.9. The van der Waals surface area contributed by atoms with Gasteiger partial charge in [-0.25, -0.2) is 0 Å². The van der Waals surface area contributed by atoms with Crippen molar-refractivity contribution in [1.82, 2.24) is 0 Å². The normalized spacial score (nSPS) is 20.9. The maximum Gasteiger partial charge on any atom is 0.209 e. The van der Waals surface area contributed by atoms with Crippen molar-refractivity contribution in [2.45, 2.75) is 76.0 Å². The number of para-hydroxylation sites is 2. The Bertz CT molecular complexity index is 1680. The number of fused-ring (bicyclic) bond motifs is 2. The first-order chi connectivity index (χ1) is 20.7. The Kier molecular flexibility index (Phi) is 8.13. The summed E-state index contributed by atoms with van der Waals surface area (Å²) in [7, 11) is 2.21. The minimum absolute atomic E-state index is 0.0268. The van der Waals surface area contributed by atoms with E-state index in [4.69, 9.17) is 0 Å². The lowest BCUT2D eigenvalue weighted by Crippen LogP contribution is -2.26. The largest absolute Gasteiger partial charge is 0.344 e.